The van der Waals surface area contributed by atoms with E-state index in [0.717, 1.165) is 6.42 Å². The number of benzene rings is 1. The number of aromatic hydroxyl groups is 1. The fourth-order valence-electron chi connectivity index (χ4n) is 1.62. The first-order valence-electron chi connectivity index (χ1n) is 5.84. The Morgan fingerprint density at radius 1 is 1.53 bits per heavy atom. The van der Waals surface area contributed by atoms with Crippen LogP contribution in [0.2, 0.25) is 0 Å². The zero-order valence-electron chi connectivity index (χ0n) is 10.4. The number of carbonyl (C=O) groups is 1. The summed E-state index contributed by atoms with van der Waals surface area (Å²) in [5, 5.41) is 9.36. The van der Waals surface area contributed by atoms with E-state index in [9.17, 15) is 9.90 Å². The molecule has 0 aromatic heterocycles. The van der Waals surface area contributed by atoms with Gasteiger partial charge in [0, 0.05) is 25.2 Å². The number of hydrogen-bond acceptors (Lipinski definition) is 3. The molecule has 0 saturated heterocycles. The maximum Gasteiger partial charge on any atom is 0.227 e. The Morgan fingerprint density at radius 2 is 2.24 bits per heavy atom. The Hall–Kier alpha value is -1.55. The second-order valence-corrected chi connectivity index (χ2v) is 4.19. The normalized spacial score (nSPS) is 12.2. The first-order chi connectivity index (χ1) is 8.08. The molecule has 1 aromatic carbocycles. The van der Waals surface area contributed by atoms with Gasteiger partial charge in [0.25, 0.3) is 0 Å². The highest BCUT2D eigenvalue weighted by Crippen LogP contribution is 2.20. The van der Waals surface area contributed by atoms with Crippen LogP contribution in [0.4, 0.5) is 5.69 Å². The van der Waals surface area contributed by atoms with Gasteiger partial charge in [-0.1, -0.05) is 19.4 Å². The Kier molecular flexibility index (Phi) is 4.97. The summed E-state index contributed by atoms with van der Waals surface area (Å²) in [5.41, 5.74) is 6.28. The Morgan fingerprint density at radius 3 is 2.76 bits per heavy atom. The van der Waals surface area contributed by atoms with Gasteiger partial charge in [0.2, 0.25) is 5.91 Å². The fraction of sp³-hybridized carbons (Fsp3) is 0.462. The highest BCUT2D eigenvalue weighted by Gasteiger charge is 2.15. The number of phenols is 1. The summed E-state index contributed by atoms with van der Waals surface area (Å²) in [6.07, 6.45) is 1.34. The molecule has 0 aliphatic heterocycles. The molecule has 0 fully saturated rings. The maximum atomic E-state index is 12.0. The molecule has 3 N–H and O–H groups in total. The van der Waals surface area contributed by atoms with Gasteiger partial charge < -0.3 is 15.7 Å². The first kappa shape index (κ1) is 13.5. The summed E-state index contributed by atoms with van der Waals surface area (Å²) in [7, 11) is 1.71. The fourth-order valence-corrected chi connectivity index (χ4v) is 1.62. The summed E-state index contributed by atoms with van der Waals surface area (Å²) in [4.78, 5) is 13.5. The van der Waals surface area contributed by atoms with Crippen molar-refractivity contribution < 1.29 is 9.90 Å². The number of hydrogen-bond donors (Lipinski definition) is 2. The van der Waals surface area contributed by atoms with Gasteiger partial charge in [0.05, 0.1) is 0 Å². The zero-order chi connectivity index (χ0) is 12.8. The van der Waals surface area contributed by atoms with E-state index in [1.54, 1.807) is 36.2 Å². The highest BCUT2D eigenvalue weighted by molar-refractivity contribution is 5.93. The lowest BCUT2D eigenvalue weighted by atomic mass is 10.0. The van der Waals surface area contributed by atoms with Gasteiger partial charge in [-0.2, -0.15) is 0 Å². The van der Waals surface area contributed by atoms with E-state index in [1.807, 2.05) is 6.92 Å². The number of phenolic OH excluding ortho intramolecular Hbond substituents is 1. The van der Waals surface area contributed by atoms with Crippen molar-refractivity contribution in [1.29, 1.82) is 0 Å². The van der Waals surface area contributed by atoms with Crippen molar-refractivity contribution in [1.82, 2.24) is 0 Å². The van der Waals surface area contributed by atoms with E-state index in [4.69, 9.17) is 5.73 Å². The molecular formula is C13H20N2O2. The largest absolute Gasteiger partial charge is 0.508 e. The highest BCUT2D eigenvalue weighted by atomic mass is 16.3. The molecule has 4 heteroatoms. The molecule has 94 valence electrons. The molecule has 4 nitrogen and oxygen atoms in total. The van der Waals surface area contributed by atoms with Crippen molar-refractivity contribution in [2.75, 3.05) is 18.5 Å². The Labute approximate surface area is 102 Å². The number of carbonyl (C=O) groups excluding carboxylic acids is 1. The van der Waals surface area contributed by atoms with E-state index in [0.29, 0.717) is 18.7 Å². The predicted molar refractivity (Wildman–Crippen MR) is 69.0 cm³/mol. The van der Waals surface area contributed by atoms with Crippen LogP contribution in [0.1, 0.15) is 19.8 Å². The van der Waals surface area contributed by atoms with Gasteiger partial charge in [-0.25, -0.2) is 0 Å². The minimum absolute atomic E-state index is 0.0212. The third kappa shape index (κ3) is 3.75. The molecule has 17 heavy (non-hydrogen) atoms. The van der Waals surface area contributed by atoms with Crippen LogP contribution in [0.5, 0.6) is 5.75 Å². The smallest absolute Gasteiger partial charge is 0.227 e. The molecule has 0 radical (unpaired) electrons. The van der Waals surface area contributed by atoms with Crippen molar-refractivity contribution in [3.63, 3.8) is 0 Å². The van der Waals surface area contributed by atoms with Crippen LogP contribution in [-0.4, -0.2) is 24.6 Å². The summed E-state index contributed by atoms with van der Waals surface area (Å²) >= 11 is 0. The average molecular weight is 236 g/mol. The SMILES string of the molecule is CCC(CN)CC(=O)N(C)c1cccc(O)c1. The second kappa shape index (κ2) is 6.25. The number of nitrogens with zero attached hydrogens (tertiary/aromatic N) is 1. The zero-order valence-corrected chi connectivity index (χ0v) is 10.4. The van der Waals surface area contributed by atoms with Crippen molar-refractivity contribution >= 4 is 11.6 Å². The van der Waals surface area contributed by atoms with Crippen molar-refractivity contribution in [3.8, 4) is 5.75 Å². The summed E-state index contributed by atoms with van der Waals surface area (Å²) in [5.74, 6) is 0.406. The van der Waals surface area contributed by atoms with Gasteiger partial charge in [-0.05, 0) is 24.6 Å². The molecule has 0 aliphatic carbocycles. The summed E-state index contributed by atoms with van der Waals surface area (Å²) < 4.78 is 0. The van der Waals surface area contributed by atoms with Crippen LogP contribution in [0, 0.1) is 5.92 Å². The molecule has 0 spiro atoms. The Balaban J connectivity index is 2.69. The Bertz CT molecular complexity index is 375. The van der Waals surface area contributed by atoms with E-state index in [2.05, 4.69) is 0 Å². The quantitative estimate of drug-likeness (QED) is 0.818. The topological polar surface area (TPSA) is 66.6 Å². The third-order valence-corrected chi connectivity index (χ3v) is 2.97. The van der Waals surface area contributed by atoms with Crippen molar-refractivity contribution in [2.45, 2.75) is 19.8 Å². The van der Waals surface area contributed by atoms with Gasteiger partial charge in [-0.15, -0.1) is 0 Å². The molecule has 0 aliphatic rings. The van der Waals surface area contributed by atoms with Crippen molar-refractivity contribution in [3.05, 3.63) is 24.3 Å². The molecule has 0 heterocycles. The monoisotopic (exact) mass is 236 g/mol. The standard InChI is InChI=1S/C13H20N2O2/c1-3-10(9-14)7-13(17)15(2)11-5-4-6-12(16)8-11/h4-6,8,10,16H,3,7,9,14H2,1-2H3. The summed E-state index contributed by atoms with van der Waals surface area (Å²) in [6.45, 7) is 2.55. The van der Waals surface area contributed by atoms with Crippen LogP contribution in [-0.2, 0) is 4.79 Å². The first-order valence-corrected chi connectivity index (χ1v) is 5.84. The molecule has 0 saturated carbocycles. The minimum Gasteiger partial charge on any atom is -0.508 e. The van der Waals surface area contributed by atoms with Crippen molar-refractivity contribution in [2.24, 2.45) is 11.7 Å². The lowest BCUT2D eigenvalue weighted by molar-refractivity contribution is -0.119. The molecule has 1 amide bonds. The number of amides is 1. The summed E-state index contributed by atoms with van der Waals surface area (Å²) in [6, 6.07) is 6.66. The second-order valence-electron chi connectivity index (χ2n) is 4.19. The molecule has 0 bridgehead atoms. The van der Waals surface area contributed by atoms with Crippen LogP contribution >= 0.6 is 0 Å². The predicted octanol–water partition coefficient (Wildman–Crippen LogP) is 1.73. The molecule has 1 aromatic rings. The molecule has 1 rings (SSSR count). The van der Waals surface area contributed by atoms with Crippen LogP contribution < -0.4 is 10.6 Å². The minimum atomic E-state index is 0.0212. The number of rotatable bonds is 5. The van der Waals surface area contributed by atoms with Gasteiger partial charge in [-0.3, -0.25) is 4.79 Å². The van der Waals surface area contributed by atoms with E-state index < -0.39 is 0 Å². The van der Waals surface area contributed by atoms with E-state index in [-0.39, 0.29) is 17.6 Å². The van der Waals surface area contributed by atoms with Gasteiger partial charge >= 0.3 is 0 Å². The molecule has 1 atom stereocenters. The van der Waals surface area contributed by atoms with Gasteiger partial charge in [0.1, 0.15) is 5.75 Å². The van der Waals surface area contributed by atoms with E-state index >= 15 is 0 Å². The number of anilines is 1. The third-order valence-electron chi connectivity index (χ3n) is 2.97. The van der Waals surface area contributed by atoms with Crippen LogP contribution in [0.15, 0.2) is 24.3 Å². The maximum absolute atomic E-state index is 12.0. The van der Waals surface area contributed by atoms with E-state index in [1.165, 1.54) is 0 Å². The van der Waals surface area contributed by atoms with Gasteiger partial charge in [0.15, 0.2) is 0 Å². The number of nitrogens with two attached hydrogens (primary N) is 1. The lowest BCUT2D eigenvalue weighted by Crippen LogP contribution is -2.30. The molecular weight excluding hydrogens is 216 g/mol. The van der Waals surface area contributed by atoms with Crippen LogP contribution in [0.25, 0.3) is 0 Å². The average Bonchev–Trinajstić information content (AvgIpc) is 2.34. The molecule has 1 unspecified atom stereocenters. The van der Waals surface area contributed by atoms with Crippen LogP contribution in [0.3, 0.4) is 0 Å². The lowest BCUT2D eigenvalue weighted by Gasteiger charge is -2.20.